The van der Waals surface area contributed by atoms with Gasteiger partial charge < -0.3 is 15.6 Å². The fraction of sp³-hybridized carbons (Fsp3) is 0.161. The van der Waals surface area contributed by atoms with Crippen LogP contribution >= 0.6 is 0 Å². The summed E-state index contributed by atoms with van der Waals surface area (Å²) in [7, 11) is 0. The summed E-state index contributed by atoms with van der Waals surface area (Å²) in [4.78, 5) is 25.7. The lowest BCUT2D eigenvalue weighted by Crippen LogP contribution is -2.46. The van der Waals surface area contributed by atoms with Gasteiger partial charge in [-0.05, 0) is 33.4 Å². The Bertz CT molecular complexity index is 1280. The van der Waals surface area contributed by atoms with Crippen molar-refractivity contribution in [3.63, 3.8) is 0 Å². The first kappa shape index (κ1) is 23.5. The van der Waals surface area contributed by atoms with E-state index in [-0.39, 0.29) is 12.5 Å². The van der Waals surface area contributed by atoms with E-state index in [1.165, 1.54) is 0 Å². The minimum atomic E-state index is -1.53. The number of carboxylic acid groups (broad SMARTS) is 1. The maximum Gasteiger partial charge on any atom is 0.322 e. The van der Waals surface area contributed by atoms with E-state index in [9.17, 15) is 14.7 Å². The average molecular weight is 478 g/mol. The third-order valence-corrected chi connectivity index (χ3v) is 6.96. The van der Waals surface area contributed by atoms with E-state index < -0.39 is 29.8 Å². The van der Waals surface area contributed by atoms with Gasteiger partial charge in [-0.3, -0.25) is 9.59 Å². The van der Waals surface area contributed by atoms with Gasteiger partial charge in [0.05, 0.1) is 0 Å². The molecule has 0 amide bonds. The molecule has 0 saturated heterocycles. The molecule has 1 aliphatic carbocycles. The second kappa shape index (κ2) is 10.2. The molecular formula is C31H27NO4. The number of benzene rings is 4. The number of carboxylic acids is 1. The van der Waals surface area contributed by atoms with Crippen molar-refractivity contribution in [2.45, 2.75) is 17.9 Å². The Morgan fingerprint density at radius 3 is 1.64 bits per heavy atom. The van der Waals surface area contributed by atoms with Crippen LogP contribution in [0.5, 0.6) is 0 Å². The summed E-state index contributed by atoms with van der Waals surface area (Å²) in [5, 5.41) is 10.1. The second-order valence-corrected chi connectivity index (χ2v) is 9.05. The molecule has 5 rings (SSSR count). The number of hydrogen-bond acceptors (Lipinski definition) is 4. The van der Waals surface area contributed by atoms with Gasteiger partial charge in [0, 0.05) is 17.9 Å². The first-order valence-electron chi connectivity index (χ1n) is 12.0. The first-order chi connectivity index (χ1) is 17.6. The lowest BCUT2D eigenvalue weighted by molar-refractivity contribution is -0.160. The number of ether oxygens (including phenoxy) is 1. The fourth-order valence-corrected chi connectivity index (χ4v) is 5.27. The Balaban J connectivity index is 1.41. The highest BCUT2D eigenvalue weighted by Gasteiger charge is 2.40. The summed E-state index contributed by atoms with van der Waals surface area (Å²) in [6, 6.07) is 33.9. The van der Waals surface area contributed by atoms with E-state index in [2.05, 4.69) is 12.1 Å². The molecule has 4 aromatic rings. The van der Waals surface area contributed by atoms with Crippen LogP contribution in [0.4, 0.5) is 0 Å². The molecular weight excluding hydrogens is 450 g/mol. The monoisotopic (exact) mass is 477 g/mol. The highest BCUT2D eigenvalue weighted by Crippen LogP contribution is 2.44. The molecule has 0 heterocycles. The van der Waals surface area contributed by atoms with E-state index in [4.69, 9.17) is 10.5 Å². The number of rotatable bonds is 8. The topological polar surface area (TPSA) is 89.6 Å². The molecule has 0 bridgehead atoms. The molecule has 0 unspecified atom stereocenters. The molecule has 0 aromatic heterocycles. The van der Waals surface area contributed by atoms with Crippen LogP contribution in [0.15, 0.2) is 109 Å². The predicted molar refractivity (Wildman–Crippen MR) is 139 cm³/mol. The Hall–Kier alpha value is -4.22. The van der Waals surface area contributed by atoms with E-state index in [0.717, 1.165) is 33.4 Å². The van der Waals surface area contributed by atoms with Gasteiger partial charge in [-0.2, -0.15) is 0 Å². The molecule has 180 valence electrons. The third-order valence-electron chi connectivity index (χ3n) is 6.96. The zero-order valence-corrected chi connectivity index (χ0v) is 19.7. The van der Waals surface area contributed by atoms with Crippen molar-refractivity contribution in [3.05, 3.63) is 131 Å². The standard InChI is InChI=1S/C31H27NO4/c32-29(27(20-11-3-1-4-12-20)21-13-5-2-6-14-21)28(30(33)34)31(35)36-19-26-24-17-9-7-15-22(24)23-16-8-10-18-25(23)26/h1-18,26-29H,19,32H2,(H,33,34)/t28-,29+/m1/s1. The van der Waals surface area contributed by atoms with E-state index >= 15 is 0 Å². The van der Waals surface area contributed by atoms with Crippen molar-refractivity contribution in [1.29, 1.82) is 0 Å². The lowest BCUT2D eigenvalue weighted by Gasteiger charge is -2.29. The highest BCUT2D eigenvalue weighted by atomic mass is 16.5. The van der Waals surface area contributed by atoms with Crippen molar-refractivity contribution >= 4 is 11.9 Å². The predicted octanol–water partition coefficient (Wildman–Crippen LogP) is 5.20. The van der Waals surface area contributed by atoms with Gasteiger partial charge in [0.15, 0.2) is 5.92 Å². The van der Waals surface area contributed by atoms with Crippen LogP contribution in [0.1, 0.15) is 34.1 Å². The van der Waals surface area contributed by atoms with E-state index in [1.807, 2.05) is 97.1 Å². The summed E-state index contributed by atoms with van der Waals surface area (Å²) in [5.41, 5.74) is 12.6. The maximum absolute atomic E-state index is 13.3. The Labute approximate surface area is 210 Å². The van der Waals surface area contributed by atoms with Crippen LogP contribution in [-0.4, -0.2) is 29.7 Å². The molecule has 2 atom stereocenters. The third kappa shape index (κ3) is 4.41. The minimum absolute atomic E-state index is 0.0463. The molecule has 0 spiro atoms. The van der Waals surface area contributed by atoms with Crippen LogP contribution in [0, 0.1) is 5.92 Å². The molecule has 1 aliphatic rings. The van der Waals surface area contributed by atoms with Gasteiger partial charge in [-0.1, -0.05) is 109 Å². The second-order valence-electron chi connectivity index (χ2n) is 9.05. The van der Waals surface area contributed by atoms with Crippen LogP contribution < -0.4 is 5.73 Å². The van der Waals surface area contributed by atoms with Gasteiger partial charge in [-0.25, -0.2) is 0 Å². The number of aliphatic carboxylic acids is 1. The summed E-state index contributed by atoms with van der Waals surface area (Å²) in [6.45, 7) is 0.0463. The first-order valence-corrected chi connectivity index (χ1v) is 12.0. The molecule has 0 radical (unpaired) electrons. The van der Waals surface area contributed by atoms with Crippen LogP contribution in [0.2, 0.25) is 0 Å². The molecule has 5 nitrogen and oxygen atoms in total. The summed E-state index contributed by atoms with van der Waals surface area (Å²) in [5.74, 6) is -4.30. The normalized spacial score (nSPS) is 14.1. The van der Waals surface area contributed by atoms with Crippen LogP contribution in [0.25, 0.3) is 11.1 Å². The SMILES string of the molecule is N[C@@H](C(c1ccccc1)c1ccccc1)[C@H](C(=O)O)C(=O)OCC1c2ccccc2-c2ccccc21. The van der Waals surface area contributed by atoms with Gasteiger partial charge >= 0.3 is 11.9 Å². The van der Waals surface area contributed by atoms with Gasteiger partial charge in [0.2, 0.25) is 0 Å². The number of hydrogen-bond donors (Lipinski definition) is 2. The molecule has 0 aliphatic heterocycles. The fourth-order valence-electron chi connectivity index (χ4n) is 5.27. The summed E-state index contributed by atoms with van der Waals surface area (Å²) in [6.07, 6.45) is 0. The molecule has 36 heavy (non-hydrogen) atoms. The lowest BCUT2D eigenvalue weighted by atomic mass is 9.79. The van der Waals surface area contributed by atoms with Crippen molar-refractivity contribution in [2.75, 3.05) is 6.61 Å². The van der Waals surface area contributed by atoms with Crippen molar-refractivity contribution in [3.8, 4) is 11.1 Å². The molecule has 4 aromatic carbocycles. The number of carbonyl (C=O) groups is 2. The average Bonchev–Trinajstić information content (AvgIpc) is 3.22. The largest absolute Gasteiger partial charge is 0.481 e. The zero-order valence-electron chi connectivity index (χ0n) is 19.7. The Morgan fingerprint density at radius 1 is 0.722 bits per heavy atom. The van der Waals surface area contributed by atoms with Gasteiger partial charge in [-0.15, -0.1) is 0 Å². The Kier molecular flexibility index (Phi) is 6.65. The van der Waals surface area contributed by atoms with Gasteiger partial charge in [0.25, 0.3) is 0 Å². The highest BCUT2D eigenvalue weighted by molar-refractivity contribution is 5.95. The number of nitrogens with two attached hydrogens (primary N) is 1. The molecule has 5 heteroatoms. The number of fused-ring (bicyclic) bond motifs is 3. The van der Waals surface area contributed by atoms with Gasteiger partial charge in [0.1, 0.15) is 6.61 Å². The summed E-state index contributed by atoms with van der Waals surface area (Å²) >= 11 is 0. The Morgan fingerprint density at radius 2 is 1.17 bits per heavy atom. The quantitative estimate of drug-likeness (QED) is 0.269. The van der Waals surface area contributed by atoms with Crippen LogP contribution in [-0.2, 0) is 14.3 Å². The molecule has 0 fully saturated rings. The van der Waals surface area contributed by atoms with Crippen molar-refractivity contribution in [1.82, 2.24) is 0 Å². The molecule has 3 N–H and O–H groups in total. The van der Waals surface area contributed by atoms with Crippen molar-refractivity contribution < 1.29 is 19.4 Å². The number of esters is 1. The smallest absolute Gasteiger partial charge is 0.322 e. The van der Waals surface area contributed by atoms with Crippen molar-refractivity contribution in [2.24, 2.45) is 11.7 Å². The van der Waals surface area contributed by atoms with Crippen LogP contribution in [0.3, 0.4) is 0 Å². The maximum atomic E-state index is 13.3. The molecule has 0 saturated carbocycles. The van der Waals surface area contributed by atoms with E-state index in [1.54, 1.807) is 0 Å². The summed E-state index contributed by atoms with van der Waals surface area (Å²) < 4.78 is 5.71. The van der Waals surface area contributed by atoms with E-state index in [0.29, 0.717) is 0 Å². The zero-order chi connectivity index (χ0) is 25.1. The number of carbonyl (C=O) groups excluding carboxylic acids is 1. The minimum Gasteiger partial charge on any atom is -0.481 e.